The van der Waals surface area contributed by atoms with E-state index in [0.29, 0.717) is 5.41 Å². The van der Waals surface area contributed by atoms with Crippen LogP contribution >= 0.6 is 0 Å². The van der Waals surface area contributed by atoms with Crippen LogP contribution in [0.4, 0.5) is 4.39 Å². The van der Waals surface area contributed by atoms with Crippen LogP contribution in [-0.4, -0.2) is 30.7 Å². The van der Waals surface area contributed by atoms with Gasteiger partial charge in [0.25, 0.3) is 0 Å². The van der Waals surface area contributed by atoms with Crippen molar-refractivity contribution in [3.8, 4) is 0 Å². The van der Waals surface area contributed by atoms with Crippen molar-refractivity contribution in [1.82, 2.24) is 4.90 Å². The highest BCUT2D eigenvalue weighted by Gasteiger charge is 2.52. The van der Waals surface area contributed by atoms with E-state index in [0.717, 1.165) is 12.8 Å². The first-order valence-corrected chi connectivity index (χ1v) is 5.10. The first-order valence-electron chi connectivity index (χ1n) is 5.10. The molecular formula is C10H18FN. The highest BCUT2D eigenvalue weighted by molar-refractivity contribution is 5.04. The third-order valence-corrected chi connectivity index (χ3v) is 3.25. The molecule has 2 rings (SSSR count). The summed E-state index contributed by atoms with van der Waals surface area (Å²) in [6.07, 6.45) is 3.79. The lowest BCUT2D eigenvalue weighted by atomic mass is 9.62. The molecule has 0 aromatic heterocycles. The van der Waals surface area contributed by atoms with Gasteiger partial charge in [-0.25, -0.2) is 4.39 Å². The zero-order valence-corrected chi connectivity index (χ0v) is 7.85. The second kappa shape index (κ2) is 2.99. The summed E-state index contributed by atoms with van der Waals surface area (Å²) in [5, 5.41) is 0. The average molecular weight is 171 g/mol. The fourth-order valence-corrected chi connectivity index (χ4v) is 2.58. The minimum Gasteiger partial charge on any atom is -0.302 e. The lowest BCUT2D eigenvalue weighted by molar-refractivity contribution is -0.102. The standard InChI is InChI=1S/C10H18FN/c1-2-3-4-12-7-10(8-12)5-9(11)6-10/h9H,2-8H2,1H3. The fourth-order valence-electron chi connectivity index (χ4n) is 2.58. The molecule has 1 heterocycles. The molecule has 1 aliphatic heterocycles. The molecule has 70 valence electrons. The first kappa shape index (κ1) is 8.49. The van der Waals surface area contributed by atoms with Gasteiger partial charge in [0.2, 0.25) is 0 Å². The summed E-state index contributed by atoms with van der Waals surface area (Å²) < 4.78 is 12.6. The van der Waals surface area contributed by atoms with E-state index in [2.05, 4.69) is 11.8 Å². The Bertz CT molecular complexity index is 155. The van der Waals surface area contributed by atoms with Gasteiger partial charge in [0.1, 0.15) is 6.17 Å². The maximum absolute atomic E-state index is 12.6. The highest BCUT2D eigenvalue weighted by atomic mass is 19.1. The second-order valence-electron chi connectivity index (χ2n) is 4.57. The maximum Gasteiger partial charge on any atom is 0.101 e. The van der Waals surface area contributed by atoms with Gasteiger partial charge in [-0.15, -0.1) is 0 Å². The lowest BCUT2D eigenvalue weighted by Gasteiger charge is -2.57. The minimum absolute atomic E-state index is 0.438. The van der Waals surface area contributed by atoms with Gasteiger partial charge in [-0.05, 0) is 25.8 Å². The predicted octanol–water partition coefficient (Wildman–Crippen LogP) is 2.22. The molecule has 0 N–H and O–H groups in total. The molecule has 0 aromatic carbocycles. The molecule has 2 heteroatoms. The normalized spacial score (nSPS) is 28.5. The van der Waals surface area contributed by atoms with E-state index in [4.69, 9.17) is 0 Å². The van der Waals surface area contributed by atoms with E-state index >= 15 is 0 Å². The summed E-state index contributed by atoms with van der Waals surface area (Å²) >= 11 is 0. The summed E-state index contributed by atoms with van der Waals surface area (Å²) in [5.41, 5.74) is 0.438. The van der Waals surface area contributed by atoms with Crippen LogP contribution in [0, 0.1) is 5.41 Å². The number of unbranched alkanes of at least 4 members (excludes halogenated alkanes) is 1. The number of hydrogen-bond donors (Lipinski definition) is 0. The molecule has 0 amide bonds. The molecule has 12 heavy (non-hydrogen) atoms. The van der Waals surface area contributed by atoms with Crippen molar-refractivity contribution >= 4 is 0 Å². The third kappa shape index (κ3) is 1.37. The molecule has 1 saturated heterocycles. The second-order valence-corrected chi connectivity index (χ2v) is 4.57. The maximum atomic E-state index is 12.6. The number of rotatable bonds is 3. The zero-order chi connectivity index (χ0) is 8.60. The Morgan fingerprint density at radius 2 is 2.08 bits per heavy atom. The number of nitrogens with zero attached hydrogens (tertiary/aromatic N) is 1. The van der Waals surface area contributed by atoms with Crippen LogP contribution < -0.4 is 0 Å². The van der Waals surface area contributed by atoms with Crippen molar-refractivity contribution in [3.05, 3.63) is 0 Å². The summed E-state index contributed by atoms with van der Waals surface area (Å²) in [6, 6.07) is 0. The van der Waals surface area contributed by atoms with Crippen LogP contribution in [-0.2, 0) is 0 Å². The molecule has 1 spiro atoms. The van der Waals surface area contributed by atoms with Gasteiger partial charge in [0.15, 0.2) is 0 Å². The quantitative estimate of drug-likeness (QED) is 0.629. The molecule has 1 saturated carbocycles. The Morgan fingerprint density at radius 1 is 1.42 bits per heavy atom. The van der Waals surface area contributed by atoms with Crippen LogP contribution in [0.25, 0.3) is 0 Å². The number of likely N-dealkylation sites (tertiary alicyclic amines) is 1. The van der Waals surface area contributed by atoms with Gasteiger partial charge in [0.05, 0.1) is 0 Å². The van der Waals surface area contributed by atoms with Gasteiger partial charge in [-0.1, -0.05) is 13.3 Å². The molecule has 2 aliphatic rings. The Hall–Kier alpha value is -0.110. The summed E-state index contributed by atoms with van der Waals surface area (Å²) in [5.74, 6) is 0. The van der Waals surface area contributed by atoms with E-state index in [1.807, 2.05) is 0 Å². The highest BCUT2D eigenvalue weighted by Crippen LogP contribution is 2.49. The van der Waals surface area contributed by atoms with Crippen LogP contribution in [0.1, 0.15) is 32.6 Å². The summed E-state index contributed by atoms with van der Waals surface area (Å²) in [7, 11) is 0. The van der Waals surface area contributed by atoms with Crippen molar-refractivity contribution in [2.45, 2.75) is 38.8 Å². The Morgan fingerprint density at radius 3 is 2.58 bits per heavy atom. The van der Waals surface area contributed by atoms with Crippen molar-refractivity contribution in [2.24, 2.45) is 5.41 Å². The first-order chi connectivity index (χ1) is 5.74. The van der Waals surface area contributed by atoms with Crippen molar-refractivity contribution in [3.63, 3.8) is 0 Å². The van der Waals surface area contributed by atoms with E-state index in [1.54, 1.807) is 0 Å². The smallest absolute Gasteiger partial charge is 0.101 e. The molecule has 0 atom stereocenters. The molecule has 0 unspecified atom stereocenters. The molecule has 0 radical (unpaired) electrons. The van der Waals surface area contributed by atoms with Gasteiger partial charge >= 0.3 is 0 Å². The van der Waals surface area contributed by atoms with Gasteiger partial charge in [-0.2, -0.15) is 0 Å². The predicted molar refractivity (Wildman–Crippen MR) is 47.9 cm³/mol. The third-order valence-electron chi connectivity index (χ3n) is 3.25. The molecule has 1 aliphatic carbocycles. The number of hydrogen-bond acceptors (Lipinski definition) is 1. The van der Waals surface area contributed by atoms with E-state index in [-0.39, 0.29) is 0 Å². The molecular weight excluding hydrogens is 153 g/mol. The van der Waals surface area contributed by atoms with Gasteiger partial charge < -0.3 is 4.90 Å². The van der Waals surface area contributed by atoms with E-state index in [1.165, 1.54) is 32.5 Å². The van der Waals surface area contributed by atoms with Gasteiger partial charge in [0, 0.05) is 18.5 Å². The van der Waals surface area contributed by atoms with Crippen molar-refractivity contribution in [2.75, 3.05) is 19.6 Å². The van der Waals surface area contributed by atoms with Crippen LogP contribution in [0.2, 0.25) is 0 Å². The van der Waals surface area contributed by atoms with Crippen LogP contribution in [0.15, 0.2) is 0 Å². The molecule has 0 aromatic rings. The Balaban J connectivity index is 1.64. The summed E-state index contributed by atoms with van der Waals surface area (Å²) in [4.78, 5) is 2.47. The van der Waals surface area contributed by atoms with Crippen LogP contribution in [0.5, 0.6) is 0 Å². The lowest BCUT2D eigenvalue weighted by Crippen LogP contribution is -2.62. The monoisotopic (exact) mass is 171 g/mol. The molecule has 0 bridgehead atoms. The molecule has 2 fully saturated rings. The topological polar surface area (TPSA) is 3.24 Å². The molecule has 1 nitrogen and oxygen atoms in total. The van der Waals surface area contributed by atoms with Crippen molar-refractivity contribution < 1.29 is 4.39 Å². The average Bonchev–Trinajstić information content (AvgIpc) is 1.91. The SMILES string of the molecule is CCCCN1CC2(CC(F)C2)C1. The minimum atomic E-state index is -0.474. The van der Waals surface area contributed by atoms with Crippen molar-refractivity contribution in [1.29, 1.82) is 0 Å². The largest absolute Gasteiger partial charge is 0.302 e. The number of halogens is 1. The van der Waals surface area contributed by atoms with Crippen LogP contribution in [0.3, 0.4) is 0 Å². The zero-order valence-electron chi connectivity index (χ0n) is 7.85. The number of alkyl halides is 1. The fraction of sp³-hybridized carbons (Fsp3) is 1.00. The van der Waals surface area contributed by atoms with Gasteiger partial charge in [-0.3, -0.25) is 0 Å². The van der Waals surface area contributed by atoms with E-state index < -0.39 is 6.17 Å². The van der Waals surface area contributed by atoms with E-state index in [9.17, 15) is 4.39 Å². The Kier molecular flexibility index (Phi) is 2.11. The Labute approximate surface area is 73.9 Å². The summed E-state index contributed by atoms with van der Waals surface area (Å²) in [6.45, 7) is 5.80.